The zero-order valence-corrected chi connectivity index (χ0v) is 18.5. The molecule has 0 spiro atoms. The van der Waals surface area contributed by atoms with Crippen LogP contribution in [0.15, 0.2) is 42.6 Å². The van der Waals surface area contributed by atoms with E-state index in [1.54, 1.807) is 55.3 Å². The van der Waals surface area contributed by atoms with Crippen LogP contribution in [-0.4, -0.2) is 48.8 Å². The Morgan fingerprint density at radius 1 is 1.16 bits per heavy atom. The van der Waals surface area contributed by atoms with Crippen LogP contribution >= 0.6 is 23.2 Å². The summed E-state index contributed by atoms with van der Waals surface area (Å²) in [5, 5.41) is 13.3. The van der Waals surface area contributed by atoms with Crippen LogP contribution in [0.4, 0.5) is 11.4 Å². The van der Waals surface area contributed by atoms with Crippen molar-refractivity contribution >= 4 is 57.4 Å². The van der Waals surface area contributed by atoms with Gasteiger partial charge in [-0.05, 0) is 25.1 Å². The zero-order valence-electron chi connectivity index (χ0n) is 17.0. The van der Waals surface area contributed by atoms with Crippen molar-refractivity contribution in [1.82, 2.24) is 4.98 Å². The molecule has 0 aliphatic heterocycles. The first-order valence-corrected chi connectivity index (χ1v) is 10.3. The lowest BCUT2D eigenvalue weighted by Crippen LogP contribution is -2.24. The standard InChI is InChI=1S/C22H21Cl2N3O4/c1-3-31-22(30)14-12-25-19-13(20(14)27(2)10-11-28)6-4-9-17(19)26-21(29)18-15(23)7-5-8-16(18)24/h4-9,12,28H,3,10-11H2,1-2H3,(H,26,29). The van der Waals surface area contributed by atoms with Crippen LogP contribution in [0.25, 0.3) is 10.9 Å². The number of amides is 1. The van der Waals surface area contributed by atoms with E-state index in [-0.39, 0.29) is 40.9 Å². The van der Waals surface area contributed by atoms with Crippen LogP contribution in [0.1, 0.15) is 27.6 Å². The minimum absolute atomic E-state index is 0.107. The summed E-state index contributed by atoms with van der Waals surface area (Å²) in [6, 6.07) is 10.0. The number of fused-ring (bicyclic) bond motifs is 1. The number of nitrogens with one attached hydrogen (secondary N) is 1. The molecule has 1 amide bonds. The van der Waals surface area contributed by atoms with E-state index >= 15 is 0 Å². The number of carbonyl (C=O) groups excluding carboxylic acids is 2. The highest BCUT2D eigenvalue weighted by molar-refractivity contribution is 6.40. The van der Waals surface area contributed by atoms with Crippen molar-refractivity contribution in [2.45, 2.75) is 6.92 Å². The number of ether oxygens (including phenoxy) is 1. The number of likely N-dealkylation sites (N-methyl/N-ethyl adjacent to an activating group) is 1. The molecule has 0 fully saturated rings. The van der Waals surface area contributed by atoms with Gasteiger partial charge >= 0.3 is 5.97 Å². The number of aliphatic hydroxyl groups is 1. The monoisotopic (exact) mass is 461 g/mol. The van der Waals surface area contributed by atoms with E-state index in [9.17, 15) is 14.7 Å². The van der Waals surface area contributed by atoms with Gasteiger partial charge in [-0.3, -0.25) is 9.78 Å². The highest BCUT2D eigenvalue weighted by atomic mass is 35.5. The second-order valence-corrected chi connectivity index (χ2v) is 7.45. The first-order valence-electron chi connectivity index (χ1n) is 9.55. The van der Waals surface area contributed by atoms with Gasteiger partial charge in [0.05, 0.1) is 45.7 Å². The van der Waals surface area contributed by atoms with Gasteiger partial charge in [-0.15, -0.1) is 0 Å². The summed E-state index contributed by atoms with van der Waals surface area (Å²) in [5.41, 5.74) is 1.86. The Bertz CT molecular complexity index is 1120. The Morgan fingerprint density at radius 2 is 1.84 bits per heavy atom. The van der Waals surface area contributed by atoms with E-state index in [4.69, 9.17) is 27.9 Å². The fourth-order valence-corrected chi connectivity index (χ4v) is 3.81. The highest BCUT2D eigenvalue weighted by Crippen LogP contribution is 2.34. The summed E-state index contributed by atoms with van der Waals surface area (Å²) in [7, 11) is 1.75. The molecule has 0 bridgehead atoms. The fourth-order valence-electron chi connectivity index (χ4n) is 3.24. The van der Waals surface area contributed by atoms with Gasteiger partial charge in [0.15, 0.2) is 0 Å². The maximum Gasteiger partial charge on any atom is 0.341 e. The number of halogens is 2. The Morgan fingerprint density at radius 3 is 2.48 bits per heavy atom. The molecule has 1 heterocycles. The van der Waals surface area contributed by atoms with Crippen LogP contribution in [0.3, 0.4) is 0 Å². The number of hydrogen-bond donors (Lipinski definition) is 2. The molecule has 0 aliphatic rings. The molecule has 0 radical (unpaired) electrons. The third kappa shape index (κ3) is 4.74. The average molecular weight is 462 g/mol. The van der Waals surface area contributed by atoms with Crippen LogP contribution in [-0.2, 0) is 4.74 Å². The second-order valence-electron chi connectivity index (χ2n) is 6.64. The van der Waals surface area contributed by atoms with Crippen molar-refractivity contribution in [3.63, 3.8) is 0 Å². The van der Waals surface area contributed by atoms with Gasteiger partial charge in [0.2, 0.25) is 0 Å². The molecule has 0 aliphatic carbocycles. The average Bonchev–Trinajstić information content (AvgIpc) is 2.73. The maximum atomic E-state index is 12.9. The Balaban J connectivity index is 2.12. The Kier molecular flexibility index (Phi) is 7.33. The molecule has 3 aromatic rings. The van der Waals surface area contributed by atoms with Gasteiger partial charge in [0.25, 0.3) is 5.91 Å². The van der Waals surface area contributed by atoms with E-state index in [1.165, 1.54) is 6.20 Å². The number of anilines is 2. The van der Waals surface area contributed by atoms with Crippen LogP contribution in [0, 0.1) is 0 Å². The summed E-state index contributed by atoms with van der Waals surface area (Å²) in [5.74, 6) is -1.00. The molecule has 31 heavy (non-hydrogen) atoms. The lowest BCUT2D eigenvalue weighted by Gasteiger charge is -2.23. The maximum absolute atomic E-state index is 12.9. The molecule has 0 saturated heterocycles. The summed E-state index contributed by atoms with van der Waals surface area (Å²) in [6.07, 6.45) is 1.40. The molecule has 3 rings (SSSR count). The van der Waals surface area contributed by atoms with E-state index in [1.807, 2.05) is 0 Å². The molecule has 2 aromatic carbocycles. The molecule has 0 unspecified atom stereocenters. The molecule has 1 aromatic heterocycles. The van der Waals surface area contributed by atoms with Crippen molar-refractivity contribution in [2.75, 3.05) is 37.0 Å². The SMILES string of the molecule is CCOC(=O)c1cnc2c(NC(=O)c3c(Cl)cccc3Cl)cccc2c1N(C)CCO. The number of para-hydroxylation sites is 1. The lowest BCUT2D eigenvalue weighted by atomic mass is 10.1. The van der Waals surface area contributed by atoms with Gasteiger partial charge < -0.3 is 20.1 Å². The number of aliphatic hydroxyl groups excluding tert-OH is 1. The van der Waals surface area contributed by atoms with Gasteiger partial charge in [0.1, 0.15) is 5.56 Å². The number of pyridine rings is 1. The quantitative estimate of drug-likeness (QED) is 0.506. The molecule has 7 nitrogen and oxygen atoms in total. The van der Waals surface area contributed by atoms with Gasteiger partial charge in [-0.25, -0.2) is 4.79 Å². The number of nitrogens with zero attached hydrogens (tertiary/aromatic N) is 2. The summed E-state index contributed by atoms with van der Waals surface area (Å²) in [6.45, 7) is 2.12. The van der Waals surface area contributed by atoms with Crippen LogP contribution < -0.4 is 10.2 Å². The predicted molar refractivity (Wildman–Crippen MR) is 122 cm³/mol. The van der Waals surface area contributed by atoms with Crippen LogP contribution in [0.5, 0.6) is 0 Å². The lowest BCUT2D eigenvalue weighted by molar-refractivity contribution is 0.0526. The minimum Gasteiger partial charge on any atom is -0.462 e. The Hall–Kier alpha value is -2.87. The van der Waals surface area contributed by atoms with Crippen molar-refractivity contribution < 1.29 is 19.4 Å². The molecular formula is C22H21Cl2N3O4. The third-order valence-corrected chi connectivity index (χ3v) is 5.25. The normalized spacial score (nSPS) is 10.7. The number of rotatable bonds is 7. The number of benzene rings is 2. The number of esters is 1. The first-order chi connectivity index (χ1) is 14.9. The summed E-state index contributed by atoms with van der Waals surface area (Å²) in [4.78, 5) is 31.5. The number of carbonyl (C=O) groups is 2. The molecule has 0 atom stereocenters. The smallest absolute Gasteiger partial charge is 0.341 e. The molecule has 9 heteroatoms. The number of aromatic nitrogens is 1. The van der Waals surface area contributed by atoms with E-state index in [2.05, 4.69) is 10.3 Å². The Labute approximate surface area is 189 Å². The van der Waals surface area contributed by atoms with Gasteiger partial charge in [-0.1, -0.05) is 41.4 Å². The highest BCUT2D eigenvalue weighted by Gasteiger charge is 2.22. The van der Waals surface area contributed by atoms with Crippen molar-refractivity contribution in [1.29, 1.82) is 0 Å². The van der Waals surface area contributed by atoms with Crippen LogP contribution in [0.2, 0.25) is 10.0 Å². The van der Waals surface area contributed by atoms with Gasteiger partial charge in [0, 0.05) is 25.2 Å². The van der Waals surface area contributed by atoms with Gasteiger partial charge in [-0.2, -0.15) is 0 Å². The van der Waals surface area contributed by atoms with E-state index in [0.717, 1.165) is 0 Å². The fraction of sp³-hybridized carbons (Fsp3) is 0.227. The second kappa shape index (κ2) is 9.96. The number of hydrogen-bond acceptors (Lipinski definition) is 6. The summed E-state index contributed by atoms with van der Waals surface area (Å²) >= 11 is 12.3. The van der Waals surface area contributed by atoms with E-state index in [0.29, 0.717) is 22.3 Å². The third-order valence-electron chi connectivity index (χ3n) is 4.62. The largest absolute Gasteiger partial charge is 0.462 e. The predicted octanol–water partition coefficient (Wildman–Crippen LogP) is 4.40. The topological polar surface area (TPSA) is 91.8 Å². The van der Waals surface area contributed by atoms with Crippen molar-refractivity contribution in [2.24, 2.45) is 0 Å². The molecule has 162 valence electrons. The minimum atomic E-state index is -0.519. The van der Waals surface area contributed by atoms with Crippen molar-refractivity contribution in [3.05, 3.63) is 63.8 Å². The van der Waals surface area contributed by atoms with Crippen molar-refractivity contribution in [3.8, 4) is 0 Å². The van der Waals surface area contributed by atoms with E-state index < -0.39 is 11.9 Å². The molecule has 2 N–H and O–H groups in total. The zero-order chi connectivity index (χ0) is 22.5. The summed E-state index contributed by atoms with van der Waals surface area (Å²) < 4.78 is 5.16. The molecular weight excluding hydrogens is 441 g/mol. The molecule has 0 saturated carbocycles. The first kappa shape index (κ1) is 22.8.